The monoisotopic (exact) mass is 312 g/mol. The SMILES string of the molecule is CNC(=S)NCCCCC1(c2ccc(F)cc2)OCCO1. The lowest BCUT2D eigenvalue weighted by atomic mass is 9.99. The highest BCUT2D eigenvalue weighted by Gasteiger charge is 2.37. The minimum atomic E-state index is -0.725. The molecule has 2 rings (SSSR count). The number of thiocarbonyl (C=S) groups is 1. The van der Waals surface area contributed by atoms with Crippen LogP contribution in [-0.4, -0.2) is 31.9 Å². The van der Waals surface area contributed by atoms with Gasteiger partial charge in [0, 0.05) is 25.6 Å². The summed E-state index contributed by atoms with van der Waals surface area (Å²) in [5.41, 5.74) is 0.875. The zero-order chi connectivity index (χ0) is 15.1. The highest BCUT2D eigenvalue weighted by molar-refractivity contribution is 7.80. The second-order valence-electron chi connectivity index (χ2n) is 4.92. The van der Waals surface area contributed by atoms with Gasteiger partial charge in [-0.1, -0.05) is 12.1 Å². The molecule has 0 amide bonds. The van der Waals surface area contributed by atoms with E-state index in [9.17, 15) is 4.39 Å². The van der Waals surface area contributed by atoms with Crippen molar-refractivity contribution in [2.24, 2.45) is 0 Å². The number of unbranched alkanes of at least 4 members (excludes halogenated alkanes) is 1. The molecule has 116 valence electrons. The second-order valence-corrected chi connectivity index (χ2v) is 5.33. The number of benzene rings is 1. The van der Waals surface area contributed by atoms with Crippen LogP contribution in [0.25, 0.3) is 0 Å². The quantitative estimate of drug-likeness (QED) is 0.623. The Morgan fingerprint density at radius 1 is 1.24 bits per heavy atom. The third-order valence-corrected chi connectivity index (χ3v) is 3.83. The standard InChI is InChI=1S/C15H21FN2O2S/c1-17-14(21)18-9-3-2-8-15(19-10-11-20-15)12-4-6-13(16)7-5-12/h4-7H,2-3,8-11H2,1H3,(H2,17,18,21). The molecule has 0 atom stereocenters. The third kappa shape index (κ3) is 4.36. The average Bonchev–Trinajstić information content (AvgIpc) is 2.97. The Bertz CT molecular complexity index is 461. The zero-order valence-corrected chi connectivity index (χ0v) is 13.0. The molecule has 0 unspecified atom stereocenters. The van der Waals surface area contributed by atoms with E-state index in [1.54, 1.807) is 19.2 Å². The minimum absolute atomic E-state index is 0.253. The van der Waals surface area contributed by atoms with E-state index >= 15 is 0 Å². The number of nitrogens with one attached hydrogen (secondary N) is 2. The fourth-order valence-corrected chi connectivity index (χ4v) is 2.49. The first-order valence-corrected chi connectivity index (χ1v) is 7.57. The van der Waals surface area contributed by atoms with E-state index in [1.807, 2.05) is 0 Å². The molecule has 4 nitrogen and oxygen atoms in total. The van der Waals surface area contributed by atoms with E-state index in [0.29, 0.717) is 18.3 Å². The van der Waals surface area contributed by atoms with Crippen LogP contribution in [0.2, 0.25) is 0 Å². The zero-order valence-electron chi connectivity index (χ0n) is 12.2. The van der Waals surface area contributed by atoms with Crippen molar-refractivity contribution in [1.29, 1.82) is 0 Å². The fraction of sp³-hybridized carbons (Fsp3) is 0.533. The molecule has 2 N–H and O–H groups in total. The first-order chi connectivity index (χ1) is 10.2. The van der Waals surface area contributed by atoms with Crippen LogP contribution < -0.4 is 10.6 Å². The maximum atomic E-state index is 13.1. The molecule has 6 heteroatoms. The van der Waals surface area contributed by atoms with Crippen molar-refractivity contribution < 1.29 is 13.9 Å². The van der Waals surface area contributed by atoms with Gasteiger partial charge in [0.05, 0.1) is 13.2 Å². The molecule has 1 aliphatic heterocycles. The van der Waals surface area contributed by atoms with E-state index in [1.165, 1.54) is 12.1 Å². The number of hydrogen-bond donors (Lipinski definition) is 2. The van der Waals surface area contributed by atoms with Crippen molar-refractivity contribution >= 4 is 17.3 Å². The number of hydrogen-bond acceptors (Lipinski definition) is 3. The van der Waals surface area contributed by atoms with Crippen LogP contribution in [0.5, 0.6) is 0 Å². The maximum Gasteiger partial charge on any atom is 0.194 e. The van der Waals surface area contributed by atoms with Gasteiger partial charge in [0.25, 0.3) is 0 Å². The summed E-state index contributed by atoms with van der Waals surface area (Å²) in [6, 6.07) is 6.34. The van der Waals surface area contributed by atoms with E-state index in [0.717, 1.165) is 31.4 Å². The van der Waals surface area contributed by atoms with E-state index < -0.39 is 5.79 Å². The van der Waals surface area contributed by atoms with Crippen molar-refractivity contribution in [1.82, 2.24) is 10.6 Å². The molecule has 0 radical (unpaired) electrons. The molecule has 0 saturated carbocycles. The molecule has 21 heavy (non-hydrogen) atoms. The number of rotatable bonds is 6. The van der Waals surface area contributed by atoms with Gasteiger partial charge in [0.2, 0.25) is 0 Å². The first-order valence-electron chi connectivity index (χ1n) is 7.16. The summed E-state index contributed by atoms with van der Waals surface area (Å²) in [5, 5.41) is 6.63. The molecule has 0 spiro atoms. The molecule has 1 fully saturated rings. The van der Waals surface area contributed by atoms with Crippen LogP contribution in [0.3, 0.4) is 0 Å². The fourth-order valence-electron chi connectivity index (χ4n) is 2.39. The predicted molar refractivity (Wildman–Crippen MR) is 83.5 cm³/mol. The lowest BCUT2D eigenvalue weighted by molar-refractivity contribution is -0.171. The van der Waals surface area contributed by atoms with Crippen molar-refractivity contribution in [3.63, 3.8) is 0 Å². The van der Waals surface area contributed by atoms with Crippen molar-refractivity contribution in [2.75, 3.05) is 26.8 Å². The Morgan fingerprint density at radius 2 is 1.90 bits per heavy atom. The Hall–Kier alpha value is -1.24. The smallest absolute Gasteiger partial charge is 0.194 e. The molecule has 1 heterocycles. The molecule has 1 aromatic carbocycles. The molecule has 0 aliphatic carbocycles. The summed E-state index contributed by atoms with van der Waals surface area (Å²) in [5.74, 6) is -0.978. The maximum absolute atomic E-state index is 13.1. The highest BCUT2D eigenvalue weighted by Crippen LogP contribution is 2.36. The van der Waals surface area contributed by atoms with Gasteiger partial charge in [-0.3, -0.25) is 0 Å². The molecule has 1 saturated heterocycles. The van der Waals surface area contributed by atoms with E-state index in [2.05, 4.69) is 10.6 Å². The topological polar surface area (TPSA) is 42.5 Å². The van der Waals surface area contributed by atoms with Crippen LogP contribution in [0.15, 0.2) is 24.3 Å². The van der Waals surface area contributed by atoms with Gasteiger partial charge in [-0.25, -0.2) is 4.39 Å². The third-order valence-electron chi connectivity index (χ3n) is 3.48. The largest absolute Gasteiger partial charge is 0.366 e. The van der Waals surface area contributed by atoms with Gasteiger partial charge < -0.3 is 20.1 Å². The molecule has 0 bridgehead atoms. The lowest BCUT2D eigenvalue weighted by Gasteiger charge is -2.28. The van der Waals surface area contributed by atoms with Gasteiger partial charge in [-0.05, 0) is 37.2 Å². The molecule has 1 aliphatic rings. The molecule has 0 aromatic heterocycles. The van der Waals surface area contributed by atoms with E-state index in [-0.39, 0.29) is 5.82 Å². The molecule has 1 aromatic rings. The minimum Gasteiger partial charge on any atom is -0.366 e. The van der Waals surface area contributed by atoms with Gasteiger partial charge in [-0.15, -0.1) is 0 Å². The molecular weight excluding hydrogens is 291 g/mol. The van der Waals surface area contributed by atoms with Crippen LogP contribution >= 0.6 is 12.2 Å². The normalized spacial score (nSPS) is 16.7. The number of ether oxygens (including phenoxy) is 2. The lowest BCUT2D eigenvalue weighted by Crippen LogP contribution is -2.33. The van der Waals surface area contributed by atoms with Crippen LogP contribution in [-0.2, 0) is 15.3 Å². The van der Waals surface area contributed by atoms with Crippen LogP contribution in [0.1, 0.15) is 24.8 Å². The summed E-state index contributed by atoms with van der Waals surface area (Å²) < 4.78 is 24.7. The Kier molecular flexibility index (Phi) is 5.90. The van der Waals surface area contributed by atoms with Crippen molar-refractivity contribution in [2.45, 2.75) is 25.0 Å². The van der Waals surface area contributed by atoms with Gasteiger partial charge in [-0.2, -0.15) is 0 Å². The Balaban J connectivity index is 1.87. The van der Waals surface area contributed by atoms with Crippen molar-refractivity contribution in [3.05, 3.63) is 35.6 Å². The van der Waals surface area contributed by atoms with Crippen molar-refractivity contribution in [3.8, 4) is 0 Å². The average molecular weight is 312 g/mol. The summed E-state index contributed by atoms with van der Waals surface area (Å²) in [6.45, 7) is 1.94. The van der Waals surface area contributed by atoms with Crippen LogP contribution in [0.4, 0.5) is 4.39 Å². The summed E-state index contributed by atoms with van der Waals surface area (Å²) in [4.78, 5) is 0. The summed E-state index contributed by atoms with van der Waals surface area (Å²) >= 11 is 5.02. The van der Waals surface area contributed by atoms with E-state index in [4.69, 9.17) is 21.7 Å². The number of halogens is 1. The highest BCUT2D eigenvalue weighted by atomic mass is 32.1. The van der Waals surface area contributed by atoms with Gasteiger partial charge in [0.15, 0.2) is 10.9 Å². The molecular formula is C15H21FN2O2S. The van der Waals surface area contributed by atoms with Gasteiger partial charge in [0.1, 0.15) is 5.82 Å². The summed E-state index contributed by atoms with van der Waals surface area (Å²) in [6.07, 6.45) is 2.63. The van der Waals surface area contributed by atoms with Gasteiger partial charge >= 0.3 is 0 Å². The van der Waals surface area contributed by atoms with Crippen LogP contribution in [0, 0.1) is 5.82 Å². The first kappa shape index (κ1) is 16.1. The summed E-state index contributed by atoms with van der Waals surface area (Å²) in [7, 11) is 1.79. The predicted octanol–water partition coefficient (Wildman–Crippen LogP) is 2.29. The Morgan fingerprint density at radius 3 is 2.52 bits per heavy atom. The Labute approximate surface area is 130 Å². The second kappa shape index (κ2) is 7.68.